The molecule has 0 fully saturated rings. The Morgan fingerprint density at radius 2 is 1.70 bits per heavy atom. The third-order valence-corrected chi connectivity index (χ3v) is 4.77. The number of aromatic nitrogens is 1. The van der Waals surface area contributed by atoms with Crippen LogP contribution in [0, 0.1) is 0 Å². The summed E-state index contributed by atoms with van der Waals surface area (Å²) in [6.07, 6.45) is -5.33. The van der Waals surface area contributed by atoms with Crippen molar-refractivity contribution >= 4 is 27.0 Å². The number of halogens is 3. The highest BCUT2D eigenvalue weighted by Gasteiger charge is 2.35. The second-order valence-electron chi connectivity index (χ2n) is 6.41. The molecule has 0 aliphatic rings. The maximum Gasteiger partial charge on any atom is 0.433 e. The smallest absolute Gasteiger partial charge is 0.433 e. The lowest BCUT2D eigenvalue weighted by molar-refractivity contribution is -0.141. The van der Waals surface area contributed by atoms with Gasteiger partial charge in [-0.15, -0.1) is 0 Å². The molecule has 10 heteroatoms. The number of ether oxygens (including phenoxy) is 1. The summed E-state index contributed by atoms with van der Waals surface area (Å²) in [5.74, 6) is -0.615. The summed E-state index contributed by atoms with van der Waals surface area (Å²) in [5.41, 5.74) is -0.739. The van der Waals surface area contributed by atoms with Crippen LogP contribution in [0.3, 0.4) is 0 Å². The number of esters is 1. The van der Waals surface area contributed by atoms with Crippen molar-refractivity contribution in [1.82, 2.24) is 4.98 Å². The molecule has 0 saturated carbocycles. The summed E-state index contributed by atoms with van der Waals surface area (Å²) in [5, 5.41) is 0.302. The highest BCUT2D eigenvalue weighted by molar-refractivity contribution is 7.86. The van der Waals surface area contributed by atoms with Gasteiger partial charge in [0.1, 0.15) is 11.8 Å². The maximum atomic E-state index is 13.4. The quantitative estimate of drug-likeness (QED) is 0.440. The molecule has 6 nitrogen and oxygen atoms in total. The standard InChI is InChI=1S/C20H16F3NO5S/c1-28-19(25)13-9-7-12(8-10-13)18(29-30(2,26)27)15-11-17(20(21,22)23)24-16-6-4-3-5-14(15)16/h3-11,18H,1-2H3. The van der Waals surface area contributed by atoms with Crippen molar-refractivity contribution in [1.29, 1.82) is 0 Å². The molecular weight excluding hydrogens is 423 g/mol. The third-order valence-electron chi connectivity index (χ3n) is 4.23. The maximum absolute atomic E-state index is 13.4. The zero-order valence-corrected chi connectivity index (χ0v) is 16.6. The molecular formula is C20H16F3NO5S. The monoisotopic (exact) mass is 439 g/mol. The first-order chi connectivity index (χ1) is 14.0. The number of fused-ring (bicyclic) bond motifs is 1. The molecule has 1 atom stereocenters. The summed E-state index contributed by atoms with van der Waals surface area (Å²) in [6.45, 7) is 0. The van der Waals surface area contributed by atoms with Crippen molar-refractivity contribution in [3.05, 3.63) is 77.0 Å². The summed E-state index contributed by atoms with van der Waals surface area (Å²) >= 11 is 0. The number of hydrogen-bond donors (Lipinski definition) is 0. The van der Waals surface area contributed by atoms with E-state index in [1.807, 2.05) is 0 Å². The number of benzene rings is 2. The van der Waals surface area contributed by atoms with Gasteiger partial charge in [0.05, 0.1) is 24.4 Å². The molecule has 3 rings (SSSR count). The number of carbonyl (C=O) groups excluding carboxylic acids is 1. The zero-order valence-electron chi connectivity index (χ0n) is 15.8. The molecule has 0 bridgehead atoms. The van der Waals surface area contributed by atoms with Crippen LogP contribution in [0.15, 0.2) is 54.6 Å². The first-order valence-electron chi connectivity index (χ1n) is 8.53. The summed E-state index contributed by atoms with van der Waals surface area (Å²) in [6, 6.07) is 12.3. The Labute approximate surface area is 170 Å². The Hall–Kier alpha value is -2.98. The molecule has 1 aromatic heterocycles. The van der Waals surface area contributed by atoms with Gasteiger partial charge in [-0.1, -0.05) is 30.3 Å². The van der Waals surface area contributed by atoms with Crippen molar-refractivity contribution < 1.29 is 35.3 Å². The second-order valence-corrected chi connectivity index (χ2v) is 8.01. The van der Waals surface area contributed by atoms with Crippen molar-refractivity contribution in [2.75, 3.05) is 13.4 Å². The predicted octanol–water partition coefficient (Wildman–Crippen LogP) is 4.11. The Morgan fingerprint density at radius 1 is 1.07 bits per heavy atom. The normalized spacial score (nSPS) is 13.2. The third kappa shape index (κ3) is 4.77. The van der Waals surface area contributed by atoms with Crippen molar-refractivity contribution in [2.24, 2.45) is 0 Å². The number of nitrogens with zero attached hydrogens (tertiary/aromatic N) is 1. The van der Waals surface area contributed by atoms with Crippen LogP contribution in [-0.4, -0.2) is 32.7 Å². The molecule has 0 saturated heterocycles. The van der Waals surface area contributed by atoms with Crippen LogP contribution in [0.25, 0.3) is 10.9 Å². The Bertz CT molecular complexity index is 1190. The fraction of sp³-hybridized carbons (Fsp3) is 0.200. The molecule has 158 valence electrons. The summed E-state index contributed by atoms with van der Waals surface area (Å²) < 4.78 is 73.8. The molecule has 0 aliphatic carbocycles. The zero-order chi connectivity index (χ0) is 22.1. The molecule has 0 spiro atoms. The van der Waals surface area contributed by atoms with E-state index in [-0.39, 0.29) is 22.2 Å². The minimum Gasteiger partial charge on any atom is -0.465 e. The lowest BCUT2D eigenvalue weighted by atomic mass is 9.96. The number of hydrogen-bond acceptors (Lipinski definition) is 6. The molecule has 3 aromatic rings. The number of pyridine rings is 1. The number of methoxy groups -OCH3 is 1. The Balaban J connectivity index is 2.24. The lowest BCUT2D eigenvalue weighted by Crippen LogP contribution is -2.15. The highest BCUT2D eigenvalue weighted by atomic mass is 32.2. The van der Waals surface area contributed by atoms with Crippen LogP contribution in [-0.2, 0) is 25.2 Å². The van der Waals surface area contributed by atoms with Crippen molar-refractivity contribution in [3.63, 3.8) is 0 Å². The van der Waals surface area contributed by atoms with E-state index in [2.05, 4.69) is 9.72 Å². The van der Waals surface area contributed by atoms with E-state index in [4.69, 9.17) is 4.18 Å². The van der Waals surface area contributed by atoms with Crippen LogP contribution >= 0.6 is 0 Å². The van der Waals surface area contributed by atoms with E-state index in [1.165, 1.54) is 49.6 Å². The van der Waals surface area contributed by atoms with Crippen molar-refractivity contribution in [2.45, 2.75) is 12.3 Å². The minimum absolute atomic E-state index is 0.0239. The second kappa shape index (κ2) is 8.04. The first-order valence-corrected chi connectivity index (χ1v) is 10.3. The molecule has 2 aromatic carbocycles. The van der Waals surface area contributed by atoms with Gasteiger partial charge in [0.15, 0.2) is 0 Å². The topological polar surface area (TPSA) is 82.6 Å². The molecule has 1 unspecified atom stereocenters. The van der Waals surface area contributed by atoms with Crippen LogP contribution in [0.5, 0.6) is 0 Å². The van der Waals surface area contributed by atoms with Crippen LogP contribution in [0.4, 0.5) is 13.2 Å². The fourth-order valence-corrected chi connectivity index (χ4v) is 3.50. The van der Waals surface area contributed by atoms with Crippen LogP contribution in [0.1, 0.15) is 33.3 Å². The number of carbonyl (C=O) groups is 1. The van der Waals surface area contributed by atoms with Gasteiger partial charge in [0, 0.05) is 5.39 Å². The molecule has 0 N–H and O–H groups in total. The summed E-state index contributed by atoms with van der Waals surface area (Å²) in [7, 11) is -2.86. The average Bonchev–Trinajstić information content (AvgIpc) is 2.69. The van der Waals surface area contributed by atoms with E-state index in [0.29, 0.717) is 5.39 Å². The molecule has 1 heterocycles. The molecule has 0 aliphatic heterocycles. The van der Waals surface area contributed by atoms with Gasteiger partial charge in [-0.25, -0.2) is 9.78 Å². The SMILES string of the molecule is COC(=O)c1ccc(C(OS(C)(=O)=O)c2cc(C(F)(F)F)nc3ccccc23)cc1. The summed E-state index contributed by atoms with van der Waals surface area (Å²) in [4.78, 5) is 15.3. The van der Waals surface area contributed by atoms with E-state index in [0.717, 1.165) is 12.3 Å². The van der Waals surface area contributed by atoms with E-state index >= 15 is 0 Å². The van der Waals surface area contributed by atoms with Gasteiger partial charge in [-0.05, 0) is 35.4 Å². The van der Waals surface area contributed by atoms with E-state index in [1.54, 1.807) is 6.07 Å². The first kappa shape index (κ1) is 21.7. The van der Waals surface area contributed by atoms with Gasteiger partial charge in [-0.2, -0.15) is 21.6 Å². The van der Waals surface area contributed by atoms with Crippen molar-refractivity contribution in [3.8, 4) is 0 Å². The van der Waals surface area contributed by atoms with Gasteiger partial charge in [0.2, 0.25) is 0 Å². The van der Waals surface area contributed by atoms with Gasteiger partial charge in [-0.3, -0.25) is 4.18 Å². The largest absolute Gasteiger partial charge is 0.465 e. The average molecular weight is 439 g/mol. The van der Waals surface area contributed by atoms with Gasteiger partial charge in [0.25, 0.3) is 10.1 Å². The fourth-order valence-electron chi connectivity index (χ4n) is 2.94. The Kier molecular flexibility index (Phi) is 5.82. The molecule has 30 heavy (non-hydrogen) atoms. The highest BCUT2D eigenvalue weighted by Crippen LogP contribution is 2.37. The van der Waals surface area contributed by atoms with Gasteiger partial charge < -0.3 is 4.74 Å². The number of alkyl halides is 3. The molecule has 0 amide bonds. The van der Waals surface area contributed by atoms with Gasteiger partial charge >= 0.3 is 12.1 Å². The number of rotatable bonds is 5. The van der Waals surface area contributed by atoms with Crippen LogP contribution in [0.2, 0.25) is 0 Å². The van der Waals surface area contributed by atoms with E-state index in [9.17, 15) is 26.4 Å². The van der Waals surface area contributed by atoms with E-state index < -0.39 is 34.1 Å². The van der Waals surface area contributed by atoms with Crippen LogP contribution < -0.4 is 0 Å². The predicted molar refractivity (Wildman–Crippen MR) is 102 cm³/mol. The Morgan fingerprint density at radius 3 is 2.27 bits per heavy atom. The number of para-hydroxylation sites is 1. The molecule has 0 radical (unpaired) electrons. The minimum atomic E-state index is -4.75. The lowest BCUT2D eigenvalue weighted by Gasteiger charge is -2.20.